The third-order valence-electron chi connectivity index (χ3n) is 2.16. The van der Waals surface area contributed by atoms with Gasteiger partial charge < -0.3 is 15.4 Å². The number of nitrogens with zero attached hydrogens (tertiary/aromatic N) is 3. The Morgan fingerprint density at radius 2 is 1.84 bits per heavy atom. The molecule has 2 N–H and O–H groups in total. The van der Waals surface area contributed by atoms with E-state index in [0.717, 1.165) is 12.1 Å². The maximum absolute atomic E-state index is 13.3. The topological polar surface area (TPSA) is 86.1 Å². The van der Waals surface area contributed by atoms with E-state index in [4.69, 9.17) is 16.3 Å². The second kappa shape index (κ2) is 6.36. The maximum Gasteiger partial charge on any atom is 0.387 e. The average Bonchev–Trinajstić information content (AvgIpc) is 2.32. The Labute approximate surface area is 107 Å². The molecule has 5 nitrogen and oxygen atoms in total. The van der Waals surface area contributed by atoms with Crippen LogP contribution in [0.15, 0.2) is 12.1 Å². The number of hydrogen-bond acceptors (Lipinski definition) is 5. The van der Waals surface area contributed by atoms with E-state index in [-0.39, 0.29) is 24.5 Å². The molecule has 8 heteroatoms. The number of hydrogen-bond donors (Lipinski definition) is 1. The monoisotopic (exact) mass is 270 g/mol. The van der Waals surface area contributed by atoms with Crippen molar-refractivity contribution in [1.82, 2.24) is 0 Å². The predicted octanol–water partition coefficient (Wildman–Crippen LogP) is 1.86. The maximum atomic E-state index is 13.3. The van der Waals surface area contributed by atoms with E-state index < -0.39 is 18.2 Å². The van der Waals surface area contributed by atoms with E-state index in [1.165, 1.54) is 4.90 Å². The molecule has 0 amide bonds. The van der Waals surface area contributed by atoms with Crippen molar-refractivity contribution in [2.24, 2.45) is 0 Å². The van der Waals surface area contributed by atoms with E-state index in [1.54, 1.807) is 12.1 Å². The van der Waals surface area contributed by atoms with Crippen molar-refractivity contribution in [3.63, 3.8) is 0 Å². The smallest absolute Gasteiger partial charge is 0.387 e. The molecule has 0 heterocycles. The van der Waals surface area contributed by atoms with Crippen molar-refractivity contribution in [1.29, 1.82) is 10.5 Å². The Morgan fingerprint density at radius 3 is 2.32 bits per heavy atom. The molecule has 0 aromatic heterocycles. The zero-order valence-electron chi connectivity index (χ0n) is 9.61. The summed E-state index contributed by atoms with van der Waals surface area (Å²) in [4.78, 5) is 1.22. The van der Waals surface area contributed by atoms with E-state index >= 15 is 0 Å². The molecule has 0 radical (unpaired) electrons. The molecule has 19 heavy (non-hydrogen) atoms. The molecule has 0 aliphatic rings. The minimum atomic E-state index is -3.19. The van der Waals surface area contributed by atoms with Crippen LogP contribution in [0.25, 0.3) is 0 Å². The van der Waals surface area contributed by atoms with Gasteiger partial charge in [0.15, 0.2) is 11.6 Å². The lowest BCUT2D eigenvalue weighted by Gasteiger charge is -2.21. The standard InChI is InChI=1S/C11H9F3N4O/c12-7-5-8(17)9(6-10(7)19-11(13)14)18(3-1-15)4-2-16/h5-6,11H,3-4,17H2. The fourth-order valence-corrected chi connectivity index (χ4v) is 1.42. The largest absolute Gasteiger partial charge is 0.432 e. The van der Waals surface area contributed by atoms with Crippen molar-refractivity contribution in [2.45, 2.75) is 6.61 Å². The molecule has 0 saturated heterocycles. The van der Waals surface area contributed by atoms with Crippen LogP contribution in [0.4, 0.5) is 24.5 Å². The summed E-state index contributed by atoms with van der Waals surface area (Å²) in [5.74, 6) is -1.74. The summed E-state index contributed by atoms with van der Waals surface area (Å²) in [6.45, 7) is -3.58. The molecule has 0 unspecified atom stereocenters. The summed E-state index contributed by atoms with van der Waals surface area (Å²) in [5, 5.41) is 17.2. The van der Waals surface area contributed by atoms with Crippen LogP contribution in [-0.2, 0) is 0 Å². The molecule has 100 valence electrons. The molecule has 0 spiro atoms. The molecular weight excluding hydrogens is 261 g/mol. The molecular formula is C11H9F3N4O. The quantitative estimate of drug-likeness (QED) is 0.652. The number of rotatable bonds is 5. The van der Waals surface area contributed by atoms with Gasteiger partial charge >= 0.3 is 6.61 Å². The third-order valence-corrected chi connectivity index (χ3v) is 2.16. The predicted molar refractivity (Wildman–Crippen MR) is 60.9 cm³/mol. The Balaban J connectivity index is 3.19. The zero-order valence-corrected chi connectivity index (χ0v) is 9.61. The van der Waals surface area contributed by atoms with Gasteiger partial charge in [-0.3, -0.25) is 0 Å². The Morgan fingerprint density at radius 1 is 1.26 bits per heavy atom. The third kappa shape index (κ3) is 3.68. The number of benzene rings is 1. The summed E-state index contributed by atoms with van der Waals surface area (Å²) in [5.41, 5.74) is 5.54. The van der Waals surface area contributed by atoms with E-state index in [9.17, 15) is 13.2 Å². The molecule has 1 aromatic carbocycles. The zero-order chi connectivity index (χ0) is 14.4. The number of ether oxygens (including phenoxy) is 1. The van der Waals surface area contributed by atoms with Crippen molar-refractivity contribution in [3.05, 3.63) is 17.9 Å². The average molecular weight is 270 g/mol. The van der Waals surface area contributed by atoms with Crippen LogP contribution >= 0.6 is 0 Å². The van der Waals surface area contributed by atoms with Crippen LogP contribution in [0.5, 0.6) is 5.75 Å². The van der Waals surface area contributed by atoms with Gasteiger partial charge in [0, 0.05) is 12.1 Å². The first-order valence-electron chi connectivity index (χ1n) is 5.02. The lowest BCUT2D eigenvalue weighted by molar-refractivity contribution is -0.0521. The fourth-order valence-electron chi connectivity index (χ4n) is 1.42. The Bertz CT molecular complexity index is 520. The molecule has 0 saturated carbocycles. The van der Waals surface area contributed by atoms with Crippen LogP contribution < -0.4 is 15.4 Å². The fraction of sp³-hybridized carbons (Fsp3) is 0.273. The SMILES string of the molecule is N#CCN(CC#N)c1cc(OC(F)F)c(F)cc1N. The molecule has 0 aliphatic heterocycles. The summed E-state index contributed by atoms with van der Waals surface area (Å²) in [6.07, 6.45) is 0. The normalized spacial score (nSPS) is 9.79. The van der Waals surface area contributed by atoms with E-state index in [2.05, 4.69) is 4.74 Å². The van der Waals surface area contributed by atoms with Crippen molar-refractivity contribution in [2.75, 3.05) is 23.7 Å². The summed E-state index contributed by atoms with van der Waals surface area (Å²) < 4.78 is 41.5. The molecule has 1 rings (SSSR count). The minimum absolute atomic E-state index is 0.0791. The second-order valence-electron chi connectivity index (χ2n) is 3.39. The molecule has 0 aliphatic carbocycles. The molecule has 0 fully saturated rings. The Hall–Kier alpha value is -2.61. The number of anilines is 2. The van der Waals surface area contributed by atoms with Gasteiger partial charge in [-0.1, -0.05) is 0 Å². The highest BCUT2D eigenvalue weighted by molar-refractivity contribution is 5.70. The highest BCUT2D eigenvalue weighted by Crippen LogP contribution is 2.31. The van der Waals surface area contributed by atoms with Gasteiger partial charge in [0.05, 0.1) is 23.5 Å². The lowest BCUT2D eigenvalue weighted by atomic mass is 10.2. The van der Waals surface area contributed by atoms with Crippen LogP contribution in [0.3, 0.4) is 0 Å². The van der Waals surface area contributed by atoms with Crippen molar-refractivity contribution >= 4 is 11.4 Å². The number of nitriles is 2. The van der Waals surface area contributed by atoms with Crippen molar-refractivity contribution in [3.8, 4) is 17.9 Å². The van der Waals surface area contributed by atoms with Gasteiger partial charge in [0.25, 0.3) is 0 Å². The first-order chi connectivity index (χ1) is 8.99. The van der Waals surface area contributed by atoms with Gasteiger partial charge in [-0.25, -0.2) is 4.39 Å². The minimum Gasteiger partial charge on any atom is -0.432 e. The van der Waals surface area contributed by atoms with Crippen LogP contribution in [0.1, 0.15) is 0 Å². The highest BCUT2D eigenvalue weighted by Gasteiger charge is 2.17. The first kappa shape index (κ1) is 14.5. The van der Waals surface area contributed by atoms with Gasteiger partial charge in [0.1, 0.15) is 13.1 Å². The molecule has 1 aromatic rings. The lowest BCUT2D eigenvalue weighted by Crippen LogP contribution is -2.25. The van der Waals surface area contributed by atoms with Crippen LogP contribution in [-0.4, -0.2) is 19.7 Å². The molecule has 0 bridgehead atoms. The van der Waals surface area contributed by atoms with E-state index in [1.807, 2.05) is 0 Å². The second-order valence-corrected chi connectivity index (χ2v) is 3.39. The van der Waals surface area contributed by atoms with Gasteiger partial charge in [0.2, 0.25) is 0 Å². The Kier molecular flexibility index (Phi) is 4.84. The number of nitrogen functional groups attached to an aromatic ring is 1. The number of halogens is 3. The van der Waals surface area contributed by atoms with Crippen LogP contribution in [0.2, 0.25) is 0 Å². The highest BCUT2D eigenvalue weighted by atomic mass is 19.3. The van der Waals surface area contributed by atoms with Crippen LogP contribution in [0, 0.1) is 28.5 Å². The number of nitrogens with two attached hydrogens (primary N) is 1. The summed E-state index contributed by atoms with van der Waals surface area (Å²) >= 11 is 0. The summed E-state index contributed by atoms with van der Waals surface area (Å²) in [6, 6.07) is 5.32. The molecule has 0 atom stereocenters. The first-order valence-corrected chi connectivity index (χ1v) is 5.02. The van der Waals surface area contributed by atoms with Crippen molar-refractivity contribution < 1.29 is 17.9 Å². The summed E-state index contributed by atoms with van der Waals surface area (Å²) in [7, 11) is 0. The van der Waals surface area contributed by atoms with Gasteiger partial charge in [-0.15, -0.1) is 0 Å². The van der Waals surface area contributed by atoms with Gasteiger partial charge in [-0.2, -0.15) is 19.3 Å². The van der Waals surface area contributed by atoms with Gasteiger partial charge in [-0.05, 0) is 0 Å². The van der Waals surface area contributed by atoms with E-state index in [0.29, 0.717) is 0 Å². The number of alkyl halides is 2.